The Bertz CT molecular complexity index is 1630. The Hall–Kier alpha value is -4.54. The molecule has 250 valence electrons. The van der Waals surface area contributed by atoms with Crippen molar-refractivity contribution in [3.63, 3.8) is 0 Å². The van der Waals surface area contributed by atoms with Crippen molar-refractivity contribution in [3.05, 3.63) is 82.9 Å². The molecule has 10 nitrogen and oxygen atoms in total. The molecule has 4 fully saturated rings. The second-order valence-corrected chi connectivity index (χ2v) is 14.0. The van der Waals surface area contributed by atoms with Gasteiger partial charge in [-0.05, 0) is 86.3 Å². The molecule has 0 saturated carbocycles. The topological polar surface area (TPSA) is 90.1 Å². The summed E-state index contributed by atoms with van der Waals surface area (Å²) in [5, 5.41) is 0. The van der Waals surface area contributed by atoms with Crippen molar-refractivity contribution < 1.29 is 29.0 Å². The van der Waals surface area contributed by atoms with E-state index in [0.29, 0.717) is 11.4 Å². The van der Waals surface area contributed by atoms with Crippen LogP contribution in [-0.4, -0.2) is 88.1 Å². The monoisotopic (exact) mass is 650 g/mol. The number of quaternary nitrogens is 2. The lowest BCUT2D eigenvalue weighted by Crippen LogP contribution is -3.19. The first-order valence-electron chi connectivity index (χ1n) is 17.3. The van der Waals surface area contributed by atoms with Crippen LogP contribution in [0.1, 0.15) is 35.1 Å². The zero-order valence-corrected chi connectivity index (χ0v) is 28.4. The van der Waals surface area contributed by atoms with E-state index < -0.39 is 12.1 Å². The van der Waals surface area contributed by atoms with Gasteiger partial charge >= 0.3 is 0 Å². The van der Waals surface area contributed by atoms with Crippen LogP contribution in [0.15, 0.2) is 60.7 Å². The zero-order valence-electron chi connectivity index (χ0n) is 28.4. The molecule has 4 saturated heterocycles. The Kier molecular flexibility index (Phi) is 8.55. The molecule has 2 N–H and O–H groups in total. The molecule has 4 heterocycles. The van der Waals surface area contributed by atoms with Gasteiger partial charge in [0.15, 0.2) is 12.1 Å². The number of anilines is 4. The molecule has 3 aromatic rings. The fourth-order valence-electron chi connectivity index (χ4n) is 8.08. The van der Waals surface area contributed by atoms with Crippen LogP contribution in [0.2, 0.25) is 0 Å². The minimum absolute atomic E-state index is 0.181. The summed E-state index contributed by atoms with van der Waals surface area (Å²) in [4.78, 5) is 63.2. The van der Waals surface area contributed by atoms with Crippen LogP contribution >= 0.6 is 0 Å². The number of aryl methyl sites for hydroxylation is 4. The molecule has 3 aromatic carbocycles. The molecule has 10 heteroatoms. The number of carbonyl (C=O) groups is 4. The van der Waals surface area contributed by atoms with Crippen LogP contribution in [0.25, 0.3) is 0 Å². The molecule has 2 atom stereocenters. The molecule has 7 rings (SSSR count). The maximum atomic E-state index is 13.6. The lowest BCUT2D eigenvalue weighted by molar-refractivity contribution is -0.915. The Balaban J connectivity index is 0.972. The average molecular weight is 651 g/mol. The van der Waals surface area contributed by atoms with Crippen LogP contribution in [-0.2, 0) is 19.2 Å². The average Bonchev–Trinajstić information content (AvgIpc) is 3.56. The van der Waals surface area contributed by atoms with Crippen LogP contribution < -0.4 is 29.4 Å². The van der Waals surface area contributed by atoms with Crippen molar-refractivity contribution in [2.75, 3.05) is 72.0 Å². The number of nitrogens with zero attached hydrogens (tertiary/aromatic N) is 4. The molecule has 0 unspecified atom stereocenters. The van der Waals surface area contributed by atoms with Gasteiger partial charge in [-0.15, -0.1) is 0 Å². The van der Waals surface area contributed by atoms with Gasteiger partial charge in [0.05, 0.1) is 76.6 Å². The second kappa shape index (κ2) is 12.8. The van der Waals surface area contributed by atoms with E-state index in [0.717, 1.165) is 62.2 Å². The number of hydrogen-bond acceptors (Lipinski definition) is 6. The van der Waals surface area contributed by atoms with E-state index in [-0.39, 0.29) is 36.5 Å². The lowest BCUT2D eigenvalue weighted by Gasteiger charge is -2.36. The number of rotatable bonds is 6. The van der Waals surface area contributed by atoms with Gasteiger partial charge < -0.3 is 19.6 Å². The maximum Gasteiger partial charge on any atom is 0.292 e. The first-order valence-corrected chi connectivity index (χ1v) is 17.3. The summed E-state index contributed by atoms with van der Waals surface area (Å²) in [5.41, 5.74) is 8.38. The number of nitrogens with one attached hydrogen (secondary N) is 2. The van der Waals surface area contributed by atoms with Gasteiger partial charge in [0, 0.05) is 11.4 Å². The molecule has 0 aliphatic carbocycles. The molecule has 0 radical (unpaired) electrons. The Morgan fingerprint density at radius 2 is 0.875 bits per heavy atom. The van der Waals surface area contributed by atoms with E-state index in [1.807, 2.05) is 0 Å². The van der Waals surface area contributed by atoms with E-state index in [1.165, 1.54) is 43.4 Å². The van der Waals surface area contributed by atoms with Crippen molar-refractivity contribution in [2.24, 2.45) is 0 Å². The van der Waals surface area contributed by atoms with Gasteiger partial charge in [-0.3, -0.25) is 19.2 Å². The van der Waals surface area contributed by atoms with E-state index in [9.17, 15) is 19.2 Å². The van der Waals surface area contributed by atoms with Crippen molar-refractivity contribution in [1.82, 2.24) is 0 Å². The Morgan fingerprint density at radius 3 is 1.23 bits per heavy atom. The number of imide groups is 2. The summed E-state index contributed by atoms with van der Waals surface area (Å²) in [6, 6.07) is 18.9. The van der Waals surface area contributed by atoms with Crippen molar-refractivity contribution >= 4 is 46.4 Å². The number of benzene rings is 3. The first-order chi connectivity index (χ1) is 23.1. The molecular weight excluding hydrogens is 604 g/mol. The molecule has 4 amide bonds. The van der Waals surface area contributed by atoms with Gasteiger partial charge in [-0.2, -0.15) is 0 Å². The predicted molar refractivity (Wildman–Crippen MR) is 186 cm³/mol. The third-order valence-corrected chi connectivity index (χ3v) is 10.9. The fourth-order valence-corrected chi connectivity index (χ4v) is 8.08. The van der Waals surface area contributed by atoms with Gasteiger partial charge in [0.1, 0.15) is 0 Å². The number of hydrogen-bond donors (Lipinski definition) is 2. The van der Waals surface area contributed by atoms with Gasteiger partial charge in [-0.25, -0.2) is 9.80 Å². The largest absolute Gasteiger partial charge is 0.360 e. The first kappa shape index (κ1) is 32.0. The van der Waals surface area contributed by atoms with E-state index in [1.54, 1.807) is 24.3 Å². The molecule has 4 aliphatic rings. The van der Waals surface area contributed by atoms with Gasteiger partial charge in [-0.1, -0.05) is 24.3 Å². The summed E-state index contributed by atoms with van der Waals surface area (Å²) < 4.78 is 0. The second-order valence-electron chi connectivity index (χ2n) is 14.0. The highest BCUT2D eigenvalue weighted by Gasteiger charge is 2.48. The standard InChI is InChI=1S/C38H44N6O4/c1-25-5-7-27(3)31(21-25)39-13-17-41(18-14-39)33-23-35(45)43(37(33)47)29-9-11-30(12-10-29)44-36(46)24-34(38(44)48)42-19-15-40(16-20-42)32-22-26(2)6-8-28(32)4/h5-12,21-22,33-34H,13-20,23-24H2,1-4H3/p+2/t33-,34-/m0/s1. The van der Waals surface area contributed by atoms with Crippen molar-refractivity contribution in [2.45, 2.75) is 52.6 Å². The van der Waals surface area contributed by atoms with Crippen LogP contribution in [0.5, 0.6) is 0 Å². The summed E-state index contributed by atoms with van der Waals surface area (Å²) in [6.07, 6.45) is 0.368. The van der Waals surface area contributed by atoms with Crippen molar-refractivity contribution in [3.8, 4) is 0 Å². The van der Waals surface area contributed by atoms with Crippen molar-refractivity contribution in [1.29, 1.82) is 0 Å². The lowest BCUT2D eigenvalue weighted by atomic mass is 10.1. The molecule has 0 aromatic heterocycles. The van der Waals surface area contributed by atoms with E-state index >= 15 is 0 Å². The van der Waals surface area contributed by atoms with Crippen LogP contribution in [0.3, 0.4) is 0 Å². The summed E-state index contributed by atoms with van der Waals surface area (Å²) in [5.74, 6) is -0.779. The van der Waals surface area contributed by atoms with E-state index in [2.05, 4.69) is 73.9 Å². The van der Waals surface area contributed by atoms with Gasteiger partial charge in [0.25, 0.3) is 11.8 Å². The normalized spacial score (nSPS) is 22.8. The molecule has 0 bridgehead atoms. The zero-order chi connectivity index (χ0) is 33.7. The molecule has 48 heavy (non-hydrogen) atoms. The fraction of sp³-hybridized carbons (Fsp3) is 0.421. The third kappa shape index (κ3) is 5.88. The minimum Gasteiger partial charge on any atom is -0.360 e. The highest BCUT2D eigenvalue weighted by atomic mass is 16.2. The summed E-state index contributed by atoms with van der Waals surface area (Å²) in [6.45, 7) is 14.9. The Labute approximate surface area is 282 Å². The molecule has 0 spiro atoms. The van der Waals surface area contributed by atoms with E-state index in [4.69, 9.17) is 0 Å². The highest BCUT2D eigenvalue weighted by molar-refractivity contribution is 6.23. The third-order valence-electron chi connectivity index (χ3n) is 10.9. The SMILES string of the molecule is Cc1ccc(C)c(N2CC[NH+]([C@H]3CC(=O)N(c4ccc(N5C(=O)C[C@H]([NH+]6CCN(c7cc(C)ccc7C)CC6)C5=O)cc4)C3=O)CC2)c1. The molecule has 4 aliphatic heterocycles. The van der Waals surface area contributed by atoms with Crippen LogP contribution in [0, 0.1) is 27.7 Å². The summed E-state index contributed by atoms with van der Waals surface area (Å²) >= 11 is 0. The number of amides is 4. The number of carbonyl (C=O) groups excluding carboxylic acids is 4. The van der Waals surface area contributed by atoms with Crippen LogP contribution in [0.4, 0.5) is 22.7 Å². The minimum atomic E-state index is -0.404. The quantitative estimate of drug-likeness (QED) is 0.387. The smallest absolute Gasteiger partial charge is 0.292 e. The number of piperazine rings is 2. The Morgan fingerprint density at radius 1 is 0.521 bits per heavy atom. The maximum absolute atomic E-state index is 13.6. The highest BCUT2D eigenvalue weighted by Crippen LogP contribution is 2.29. The molecular formula is C38H46N6O4+2. The van der Waals surface area contributed by atoms with Gasteiger partial charge in [0.2, 0.25) is 11.8 Å². The summed E-state index contributed by atoms with van der Waals surface area (Å²) in [7, 11) is 0. The predicted octanol–water partition coefficient (Wildman–Crippen LogP) is 0.994.